The Morgan fingerprint density at radius 1 is 1.53 bits per heavy atom. The van der Waals surface area contributed by atoms with Crippen molar-refractivity contribution in [3.63, 3.8) is 0 Å². The van der Waals surface area contributed by atoms with Crippen molar-refractivity contribution in [2.24, 2.45) is 0 Å². The van der Waals surface area contributed by atoms with Gasteiger partial charge in [-0.1, -0.05) is 0 Å². The van der Waals surface area contributed by atoms with Gasteiger partial charge in [0.15, 0.2) is 6.29 Å². The zero-order valence-electron chi connectivity index (χ0n) is 9.39. The van der Waals surface area contributed by atoms with Gasteiger partial charge in [0.05, 0.1) is 12.3 Å². The Morgan fingerprint density at radius 2 is 2.29 bits per heavy atom. The zero-order chi connectivity index (χ0) is 12.5. The fourth-order valence-electron chi connectivity index (χ4n) is 1.91. The second-order valence-electron chi connectivity index (χ2n) is 3.98. The molecule has 1 fully saturated rings. The molecular weight excluding hydrogens is 337 g/mol. The Morgan fingerprint density at radius 3 is 2.82 bits per heavy atom. The summed E-state index contributed by atoms with van der Waals surface area (Å²) in [5.74, 6) is 0. The summed E-state index contributed by atoms with van der Waals surface area (Å²) in [6.45, 7) is 1.07. The molecule has 1 aliphatic heterocycles. The maximum absolute atomic E-state index is 9.22. The number of pyridine rings is 1. The molecule has 0 saturated carbocycles. The number of hydrogen-bond donors (Lipinski definition) is 2. The van der Waals surface area contributed by atoms with Gasteiger partial charge in [0.25, 0.3) is 0 Å². The largest absolute Gasteiger partial charge is 0.378 e. The van der Waals surface area contributed by atoms with Crippen LogP contribution in [-0.2, 0) is 15.1 Å². The molecule has 2 heterocycles. The molecule has 1 atom stereocenters. The maximum Gasteiger partial charge on any atom is 0.178 e. The van der Waals surface area contributed by atoms with Crippen LogP contribution in [0.25, 0.3) is 0 Å². The highest BCUT2D eigenvalue weighted by Crippen LogP contribution is 2.34. The van der Waals surface area contributed by atoms with E-state index in [0.717, 1.165) is 6.42 Å². The van der Waals surface area contributed by atoms with E-state index in [1.165, 1.54) is 0 Å². The van der Waals surface area contributed by atoms with E-state index in [1.54, 1.807) is 19.2 Å². The second kappa shape index (κ2) is 5.15. The van der Waals surface area contributed by atoms with Crippen molar-refractivity contribution in [2.45, 2.75) is 18.3 Å². The van der Waals surface area contributed by atoms with Crippen molar-refractivity contribution in [1.29, 1.82) is 0 Å². The fourth-order valence-corrected chi connectivity index (χ4v) is 2.53. The lowest BCUT2D eigenvalue weighted by atomic mass is 9.96. The number of hydrogen-bond acceptors (Lipinski definition) is 5. The lowest BCUT2D eigenvalue weighted by Gasteiger charge is -2.25. The van der Waals surface area contributed by atoms with Gasteiger partial charge in [-0.15, -0.1) is 0 Å². The Bertz CT molecular complexity index is 404. The monoisotopic (exact) mass is 351 g/mol. The fraction of sp³-hybridized carbons (Fsp3) is 0.545. The van der Waals surface area contributed by atoms with Gasteiger partial charge in [-0.25, -0.2) is 4.98 Å². The minimum Gasteiger partial charge on any atom is -0.378 e. The van der Waals surface area contributed by atoms with E-state index in [2.05, 4.69) is 4.98 Å². The molecule has 94 valence electrons. The van der Waals surface area contributed by atoms with Crippen LogP contribution in [0.2, 0.25) is 0 Å². The van der Waals surface area contributed by atoms with Gasteiger partial charge in [-0.3, -0.25) is 0 Å². The lowest BCUT2D eigenvalue weighted by molar-refractivity contribution is -0.0443. The number of rotatable bonds is 3. The Kier molecular flexibility index (Phi) is 3.99. The van der Waals surface area contributed by atoms with Crippen molar-refractivity contribution in [3.05, 3.63) is 27.1 Å². The zero-order valence-corrected chi connectivity index (χ0v) is 11.5. The summed E-state index contributed by atoms with van der Waals surface area (Å²) < 4.78 is 11.6. The number of aliphatic hydroxyl groups is 2. The summed E-state index contributed by atoms with van der Waals surface area (Å²) in [6, 6.07) is 3.29. The standard InChI is InChI=1S/C11H14INO4/c1-16-11(2-3-17-6-11)8-4-7(10(14)15)5-9(12)13-8/h4-5,10,14-15H,2-3,6H2,1H3. The van der Waals surface area contributed by atoms with Crippen LogP contribution >= 0.6 is 22.6 Å². The average Bonchev–Trinajstić information content (AvgIpc) is 2.78. The third-order valence-electron chi connectivity index (χ3n) is 2.96. The number of aliphatic hydroxyl groups excluding tert-OH is 1. The van der Waals surface area contributed by atoms with E-state index in [4.69, 9.17) is 9.47 Å². The Balaban J connectivity index is 2.43. The summed E-state index contributed by atoms with van der Waals surface area (Å²) in [5, 5.41) is 18.4. The van der Waals surface area contributed by atoms with Crippen molar-refractivity contribution in [3.8, 4) is 0 Å². The van der Waals surface area contributed by atoms with E-state index in [0.29, 0.717) is 28.2 Å². The number of ether oxygens (including phenoxy) is 2. The van der Waals surface area contributed by atoms with Gasteiger partial charge in [-0.2, -0.15) is 0 Å². The quantitative estimate of drug-likeness (QED) is 0.482. The van der Waals surface area contributed by atoms with E-state index in [1.807, 2.05) is 22.6 Å². The third kappa shape index (κ3) is 2.60. The van der Waals surface area contributed by atoms with E-state index in [9.17, 15) is 10.2 Å². The van der Waals surface area contributed by atoms with Crippen molar-refractivity contribution in [1.82, 2.24) is 4.98 Å². The summed E-state index contributed by atoms with van der Waals surface area (Å²) >= 11 is 2.04. The molecule has 2 N–H and O–H groups in total. The summed E-state index contributed by atoms with van der Waals surface area (Å²) in [5.41, 5.74) is 0.542. The van der Waals surface area contributed by atoms with Crippen LogP contribution < -0.4 is 0 Å². The smallest absolute Gasteiger partial charge is 0.178 e. The molecule has 1 aromatic rings. The Hall–Kier alpha value is -0.280. The molecule has 2 rings (SSSR count). The van der Waals surface area contributed by atoms with Gasteiger partial charge in [0.1, 0.15) is 9.30 Å². The summed E-state index contributed by atoms with van der Waals surface area (Å²) in [6.07, 6.45) is -0.779. The molecule has 5 nitrogen and oxygen atoms in total. The number of nitrogens with zero attached hydrogens (tertiary/aromatic N) is 1. The van der Waals surface area contributed by atoms with Crippen LogP contribution in [0.1, 0.15) is 24.0 Å². The molecule has 0 aromatic carbocycles. The summed E-state index contributed by atoms with van der Waals surface area (Å²) in [7, 11) is 1.62. The number of halogens is 1. The van der Waals surface area contributed by atoms with Gasteiger partial charge in [0, 0.05) is 25.7 Å². The van der Waals surface area contributed by atoms with Gasteiger partial charge in [-0.05, 0) is 34.7 Å². The van der Waals surface area contributed by atoms with Crippen LogP contribution in [0.4, 0.5) is 0 Å². The predicted octanol–water partition coefficient (Wildman–Crippen LogP) is 0.931. The normalized spacial score (nSPS) is 24.5. The van der Waals surface area contributed by atoms with Gasteiger partial charge in [0.2, 0.25) is 0 Å². The molecule has 1 unspecified atom stereocenters. The first kappa shape index (κ1) is 13.2. The van der Waals surface area contributed by atoms with Crippen molar-refractivity contribution in [2.75, 3.05) is 20.3 Å². The topological polar surface area (TPSA) is 71.8 Å². The summed E-state index contributed by atoms with van der Waals surface area (Å²) in [4.78, 5) is 4.40. The first-order valence-corrected chi connectivity index (χ1v) is 6.32. The molecule has 0 bridgehead atoms. The predicted molar refractivity (Wildman–Crippen MR) is 68.3 cm³/mol. The Labute approximate surface area is 113 Å². The van der Waals surface area contributed by atoms with E-state index in [-0.39, 0.29) is 0 Å². The van der Waals surface area contributed by atoms with E-state index >= 15 is 0 Å². The molecule has 1 aromatic heterocycles. The lowest BCUT2D eigenvalue weighted by Crippen LogP contribution is -2.30. The molecular formula is C11H14INO4. The highest BCUT2D eigenvalue weighted by atomic mass is 127. The molecule has 6 heteroatoms. The highest BCUT2D eigenvalue weighted by molar-refractivity contribution is 14.1. The van der Waals surface area contributed by atoms with Crippen molar-refractivity contribution >= 4 is 22.6 Å². The van der Waals surface area contributed by atoms with Crippen LogP contribution in [0.5, 0.6) is 0 Å². The SMILES string of the molecule is COC1(c2cc(C(O)O)cc(I)n2)CCOC1. The molecule has 0 radical (unpaired) electrons. The molecule has 0 aliphatic carbocycles. The third-order valence-corrected chi connectivity index (χ3v) is 3.51. The maximum atomic E-state index is 9.22. The van der Waals surface area contributed by atoms with Crippen LogP contribution in [0.3, 0.4) is 0 Å². The van der Waals surface area contributed by atoms with Gasteiger partial charge >= 0.3 is 0 Å². The van der Waals surface area contributed by atoms with E-state index < -0.39 is 11.9 Å². The minimum absolute atomic E-state index is 0.419. The second-order valence-corrected chi connectivity index (χ2v) is 5.09. The molecule has 0 spiro atoms. The molecule has 1 saturated heterocycles. The molecule has 0 amide bonds. The average molecular weight is 351 g/mol. The minimum atomic E-state index is -1.50. The molecule has 17 heavy (non-hydrogen) atoms. The van der Waals surface area contributed by atoms with Gasteiger partial charge < -0.3 is 19.7 Å². The van der Waals surface area contributed by atoms with Crippen LogP contribution in [0.15, 0.2) is 12.1 Å². The van der Waals surface area contributed by atoms with Crippen LogP contribution in [-0.4, -0.2) is 35.5 Å². The first-order valence-electron chi connectivity index (χ1n) is 5.24. The number of aromatic nitrogens is 1. The molecule has 1 aliphatic rings. The van der Waals surface area contributed by atoms with Crippen molar-refractivity contribution < 1.29 is 19.7 Å². The highest BCUT2D eigenvalue weighted by Gasteiger charge is 2.38. The first-order chi connectivity index (χ1) is 8.07. The van der Waals surface area contributed by atoms with Crippen LogP contribution in [0, 0.1) is 3.70 Å². The number of methoxy groups -OCH3 is 1.